The Morgan fingerprint density at radius 3 is 2.10 bits per heavy atom. The molecule has 0 unspecified atom stereocenters. The number of carbonyl (C=O) groups is 1. The molecule has 0 spiro atoms. The molecule has 1 fully saturated rings. The van der Waals surface area contributed by atoms with Gasteiger partial charge in [-0.1, -0.05) is 30.3 Å². The maximum Gasteiger partial charge on any atom is 0.405 e. The predicted octanol–water partition coefficient (Wildman–Crippen LogP) is 2.49. The summed E-state index contributed by atoms with van der Waals surface area (Å²) in [6.45, 7) is 1.15. The van der Waals surface area contributed by atoms with Crippen molar-refractivity contribution in [3.63, 3.8) is 0 Å². The average Bonchev–Trinajstić information content (AvgIpc) is 2.73. The van der Waals surface area contributed by atoms with Gasteiger partial charge in [0.15, 0.2) is 0 Å². The molecule has 10 heteroatoms. The van der Waals surface area contributed by atoms with E-state index in [1.807, 2.05) is 30.3 Å². The summed E-state index contributed by atoms with van der Waals surface area (Å²) in [6.07, 6.45) is -4.51. The molecule has 0 bridgehead atoms. The number of sulfonamides is 1. The highest BCUT2D eigenvalue weighted by molar-refractivity contribution is 7.89. The Morgan fingerprint density at radius 2 is 1.53 bits per heavy atom. The number of rotatable bonds is 6. The number of piperazine rings is 1. The zero-order valence-electron chi connectivity index (χ0n) is 16.1. The Balaban J connectivity index is 1.58. The molecule has 0 atom stereocenters. The van der Waals surface area contributed by atoms with Crippen LogP contribution in [-0.2, 0) is 16.6 Å². The Labute approximate surface area is 173 Å². The van der Waals surface area contributed by atoms with E-state index in [9.17, 15) is 26.4 Å². The molecule has 0 radical (unpaired) electrons. The standard InChI is InChI=1S/C20H22F3N3O3S/c21-20(22,23)15-24-19(27)17-6-8-18(9-7-17)30(28,29)26-12-10-25(11-13-26)14-16-4-2-1-3-5-16/h1-9H,10-15H2,(H,24,27). The van der Waals surface area contributed by atoms with E-state index in [-0.39, 0.29) is 10.5 Å². The third kappa shape index (κ3) is 5.80. The minimum atomic E-state index is -4.51. The first-order valence-corrected chi connectivity index (χ1v) is 10.8. The van der Waals surface area contributed by atoms with Gasteiger partial charge in [-0.25, -0.2) is 8.42 Å². The molecule has 3 rings (SSSR count). The smallest absolute Gasteiger partial charge is 0.343 e. The third-order valence-corrected chi connectivity index (χ3v) is 6.70. The Kier molecular flexibility index (Phi) is 6.79. The van der Waals surface area contributed by atoms with Crippen LogP contribution >= 0.6 is 0 Å². The number of hydrogen-bond donors (Lipinski definition) is 1. The van der Waals surface area contributed by atoms with Gasteiger partial charge in [-0.05, 0) is 29.8 Å². The highest BCUT2D eigenvalue weighted by Crippen LogP contribution is 2.19. The van der Waals surface area contributed by atoms with Crippen molar-refractivity contribution in [2.24, 2.45) is 0 Å². The van der Waals surface area contributed by atoms with E-state index >= 15 is 0 Å². The van der Waals surface area contributed by atoms with Gasteiger partial charge in [0.2, 0.25) is 10.0 Å². The number of alkyl halides is 3. The minimum Gasteiger partial charge on any atom is -0.343 e. The summed E-state index contributed by atoms with van der Waals surface area (Å²) in [5.41, 5.74) is 1.12. The molecule has 1 aliphatic rings. The molecule has 0 saturated carbocycles. The van der Waals surface area contributed by atoms with Crippen molar-refractivity contribution < 1.29 is 26.4 Å². The lowest BCUT2D eigenvalue weighted by atomic mass is 10.2. The van der Waals surface area contributed by atoms with Gasteiger partial charge in [0.05, 0.1) is 4.90 Å². The van der Waals surface area contributed by atoms with Crippen LogP contribution in [0.25, 0.3) is 0 Å². The maximum absolute atomic E-state index is 12.8. The van der Waals surface area contributed by atoms with Crippen molar-refractivity contribution >= 4 is 15.9 Å². The molecule has 0 aliphatic carbocycles. The van der Waals surface area contributed by atoms with Crippen molar-refractivity contribution in [3.05, 3.63) is 65.7 Å². The van der Waals surface area contributed by atoms with E-state index in [1.54, 1.807) is 5.32 Å². The lowest BCUT2D eigenvalue weighted by Gasteiger charge is -2.34. The summed E-state index contributed by atoms with van der Waals surface area (Å²) in [5.74, 6) is -0.911. The van der Waals surface area contributed by atoms with Crippen LogP contribution in [0.5, 0.6) is 0 Å². The number of hydrogen-bond acceptors (Lipinski definition) is 4. The monoisotopic (exact) mass is 441 g/mol. The Bertz CT molecular complexity index is 956. The number of halogens is 3. The van der Waals surface area contributed by atoms with Crippen molar-refractivity contribution in [1.82, 2.24) is 14.5 Å². The first kappa shape index (κ1) is 22.3. The molecular weight excluding hydrogens is 419 g/mol. The van der Waals surface area contributed by atoms with Gasteiger partial charge >= 0.3 is 6.18 Å². The molecular formula is C20H22F3N3O3S. The van der Waals surface area contributed by atoms with Crippen molar-refractivity contribution in [2.45, 2.75) is 17.6 Å². The van der Waals surface area contributed by atoms with Crippen LogP contribution in [0.15, 0.2) is 59.5 Å². The van der Waals surface area contributed by atoms with Crippen LogP contribution in [-0.4, -0.2) is 62.4 Å². The average molecular weight is 441 g/mol. The number of benzene rings is 2. The topological polar surface area (TPSA) is 69.7 Å². The van der Waals surface area contributed by atoms with E-state index in [0.29, 0.717) is 26.2 Å². The molecule has 2 aromatic rings. The predicted molar refractivity (Wildman–Crippen MR) is 105 cm³/mol. The summed E-state index contributed by atoms with van der Waals surface area (Å²) < 4.78 is 63.7. The van der Waals surface area contributed by atoms with Gasteiger partial charge in [-0.2, -0.15) is 17.5 Å². The molecule has 6 nitrogen and oxygen atoms in total. The number of amides is 1. The van der Waals surface area contributed by atoms with Gasteiger partial charge < -0.3 is 5.32 Å². The van der Waals surface area contributed by atoms with Gasteiger partial charge in [0.1, 0.15) is 6.54 Å². The van der Waals surface area contributed by atoms with Crippen molar-refractivity contribution in [3.8, 4) is 0 Å². The van der Waals surface area contributed by atoms with Gasteiger partial charge in [-0.15, -0.1) is 0 Å². The van der Waals surface area contributed by atoms with Crippen LogP contribution < -0.4 is 5.32 Å². The highest BCUT2D eigenvalue weighted by atomic mass is 32.2. The molecule has 1 N–H and O–H groups in total. The third-order valence-electron chi connectivity index (χ3n) is 4.78. The van der Waals surface area contributed by atoms with E-state index in [1.165, 1.54) is 28.6 Å². The lowest BCUT2D eigenvalue weighted by Crippen LogP contribution is -2.48. The van der Waals surface area contributed by atoms with Crippen LogP contribution in [0.4, 0.5) is 13.2 Å². The Hall–Kier alpha value is -2.43. The molecule has 1 saturated heterocycles. The number of carbonyl (C=O) groups excluding carboxylic acids is 1. The quantitative estimate of drug-likeness (QED) is 0.748. The second-order valence-corrected chi connectivity index (χ2v) is 8.93. The zero-order chi connectivity index (χ0) is 21.8. The molecule has 0 aromatic heterocycles. The van der Waals surface area contributed by atoms with E-state index < -0.39 is 28.7 Å². The van der Waals surface area contributed by atoms with Crippen molar-refractivity contribution in [1.29, 1.82) is 0 Å². The van der Waals surface area contributed by atoms with Crippen LogP contribution in [0.2, 0.25) is 0 Å². The van der Waals surface area contributed by atoms with Crippen LogP contribution in [0.1, 0.15) is 15.9 Å². The van der Waals surface area contributed by atoms with Crippen LogP contribution in [0.3, 0.4) is 0 Å². The Morgan fingerprint density at radius 1 is 0.933 bits per heavy atom. The van der Waals surface area contributed by atoms with Crippen molar-refractivity contribution in [2.75, 3.05) is 32.7 Å². The summed E-state index contributed by atoms with van der Waals surface area (Å²) in [4.78, 5) is 13.9. The zero-order valence-corrected chi connectivity index (χ0v) is 16.9. The summed E-state index contributed by atoms with van der Waals surface area (Å²) >= 11 is 0. The summed E-state index contributed by atoms with van der Waals surface area (Å²) in [6, 6.07) is 14.8. The van der Waals surface area contributed by atoms with Gasteiger partial charge in [0.25, 0.3) is 5.91 Å². The molecule has 2 aromatic carbocycles. The molecule has 30 heavy (non-hydrogen) atoms. The van der Waals surface area contributed by atoms with E-state index in [4.69, 9.17) is 0 Å². The number of nitrogens with one attached hydrogen (secondary N) is 1. The summed E-state index contributed by atoms with van der Waals surface area (Å²) in [7, 11) is -3.74. The first-order valence-electron chi connectivity index (χ1n) is 9.36. The normalized spacial score (nSPS) is 16.4. The molecule has 1 heterocycles. The summed E-state index contributed by atoms with van der Waals surface area (Å²) in [5, 5.41) is 1.76. The largest absolute Gasteiger partial charge is 0.405 e. The fourth-order valence-corrected chi connectivity index (χ4v) is 4.60. The fourth-order valence-electron chi connectivity index (χ4n) is 3.18. The van der Waals surface area contributed by atoms with Gasteiger partial charge in [-0.3, -0.25) is 9.69 Å². The second kappa shape index (κ2) is 9.15. The molecule has 1 amide bonds. The van der Waals surface area contributed by atoms with E-state index in [0.717, 1.165) is 12.1 Å². The van der Waals surface area contributed by atoms with E-state index in [2.05, 4.69) is 4.90 Å². The minimum absolute atomic E-state index is 0.00591. The molecule has 162 valence electrons. The first-order chi connectivity index (χ1) is 14.1. The highest BCUT2D eigenvalue weighted by Gasteiger charge is 2.30. The molecule has 1 aliphatic heterocycles. The second-order valence-electron chi connectivity index (χ2n) is 6.99. The van der Waals surface area contributed by atoms with Gasteiger partial charge in [0, 0.05) is 38.3 Å². The maximum atomic E-state index is 12.8. The lowest BCUT2D eigenvalue weighted by molar-refractivity contribution is -0.123. The SMILES string of the molecule is O=C(NCC(F)(F)F)c1ccc(S(=O)(=O)N2CCN(Cc3ccccc3)CC2)cc1. The van der Waals surface area contributed by atoms with Crippen LogP contribution in [0, 0.1) is 0 Å². The fraction of sp³-hybridized carbons (Fsp3) is 0.350. The number of nitrogens with zero attached hydrogens (tertiary/aromatic N) is 2.